The summed E-state index contributed by atoms with van der Waals surface area (Å²) in [5.74, 6) is 0.327. The van der Waals surface area contributed by atoms with Crippen LogP contribution in [0.5, 0.6) is 0 Å². The van der Waals surface area contributed by atoms with Crippen molar-refractivity contribution in [2.45, 2.75) is 51.2 Å². The molecule has 2 aliphatic rings. The van der Waals surface area contributed by atoms with Crippen molar-refractivity contribution in [2.24, 2.45) is 5.92 Å². The Balaban J connectivity index is 1.33. The number of carbonyl (C=O) groups excluding carboxylic acids is 1. The van der Waals surface area contributed by atoms with Crippen LogP contribution in [-0.4, -0.2) is 42.1 Å². The Bertz CT molecular complexity index is 926. The van der Waals surface area contributed by atoms with Crippen molar-refractivity contribution in [1.82, 2.24) is 15.3 Å². The second kappa shape index (κ2) is 10.4. The lowest BCUT2D eigenvalue weighted by atomic mass is 9.96. The lowest BCUT2D eigenvalue weighted by Gasteiger charge is -2.34. The van der Waals surface area contributed by atoms with Gasteiger partial charge in [-0.1, -0.05) is 18.9 Å². The number of halogens is 3. The Kier molecular flexibility index (Phi) is 7.35. The molecule has 178 valence electrons. The third-order valence-electron chi connectivity index (χ3n) is 6.39. The summed E-state index contributed by atoms with van der Waals surface area (Å²) in [7, 11) is 0. The van der Waals surface area contributed by atoms with Gasteiger partial charge in [-0.3, -0.25) is 4.79 Å². The smallest absolute Gasteiger partial charge is 0.357 e. The molecule has 1 unspecified atom stereocenters. The molecule has 2 fully saturated rings. The molecule has 9 heteroatoms. The fraction of sp³-hybridized carbons (Fsp3) is 0.542. The molecule has 2 aromatic rings. The van der Waals surface area contributed by atoms with Gasteiger partial charge >= 0.3 is 6.18 Å². The van der Waals surface area contributed by atoms with Gasteiger partial charge in [-0.25, -0.2) is 9.97 Å². The van der Waals surface area contributed by atoms with Crippen LogP contribution in [0, 0.1) is 5.92 Å². The number of anilines is 2. The van der Waals surface area contributed by atoms with Crippen molar-refractivity contribution in [2.75, 3.05) is 36.0 Å². The van der Waals surface area contributed by atoms with Crippen LogP contribution < -0.4 is 15.1 Å². The fourth-order valence-electron chi connectivity index (χ4n) is 4.60. The van der Waals surface area contributed by atoms with E-state index >= 15 is 0 Å². The molecule has 0 saturated carbocycles. The molecule has 2 aliphatic heterocycles. The number of piperidine rings is 1. The van der Waals surface area contributed by atoms with Gasteiger partial charge in [0.05, 0.1) is 11.5 Å². The van der Waals surface area contributed by atoms with Gasteiger partial charge < -0.3 is 15.1 Å². The van der Waals surface area contributed by atoms with Crippen molar-refractivity contribution in [3.8, 4) is 0 Å². The van der Waals surface area contributed by atoms with Gasteiger partial charge in [0.15, 0.2) is 0 Å². The number of rotatable bonds is 5. The molecule has 1 amide bonds. The summed E-state index contributed by atoms with van der Waals surface area (Å²) in [6, 6.07) is 6.29. The number of nitrogens with zero attached hydrogens (tertiary/aromatic N) is 4. The largest absolute Gasteiger partial charge is 0.419 e. The number of hydrogen-bond acceptors (Lipinski definition) is 5. The average molecular weight is 462 g/mol. The molecule has 4 heterocycles. The molecule has 0 spiro atoms. The standard InChI is InChI=1S/C24H30F3N5O/c25-24(26,27)20-8-5-11-28-22(20)32-14-6-7-19(17-32)23(33)30-16-18-9-10-21(29-15-18)31-12-3-1-2-4-13-31/h5,8-11,15,19H,1-4,6-7,12-14,16-17H2,(H,30,33). The number of hydrogen-bond donors (Lipinski definition) is 1. The van der Waals surface area contributed by atoms with E-state index in [1.807, 2.05) is 12.1 Å². The monoisotopic (exact) mass is 461 g/mol. The van der Waals surface area contributed by atoms with Crippen molar-refractivity contribution in [3.63, 3.8) is 0 Å². The predicted molar refractivity (Wildman–Crippen MR) is 121 cm³/mol. The highest BCUT2D eigenvalue weighted by Gasteiger charge is 2.37. The Morgan fingerprint density at radius 2 is 1.76 bits per heavy atom. The van der Waals surface area contributed by atoms with Gasteiger partial charge in [0.2, 0.25) is 5.91 Å². The SMILES string of the molecule is O=C(NCc1ccc(N2CCCCCC2)nc1)C1CCCN(c2ncccc2C(F)(F)F)C1. The van der Waals surface area contributed by atoms with E-state index in [9.17, 15) is 18.0 Å². The first-order valence-electron chi connectivity index (χ1n) is 11.7. The molecule has 6 nitrogen and oxygen atoms in total. The average Bonchev–Trinajstić information content (AvgIpc) is 3.12. The summed E-state index contributed by atoms with van der Waals surface area (Å²) in [5, 5.41) is 2.93. The molecule has 2 saturated heterocycles. The third-order valence-corrected chi connectivity index (χ3v) is 6.39. The van der Waals surface area contributed by atoms with E-state index in [0.717, 1.165) is 30.5 Å². The minimum atomic E-state index is -4.48. The molecule has 0 aliphatic carbocycles. The van der Waals surface area contributed by atoms with Crippen LogP contribution >= 0.6 is 0 Å². The maximum atomic E-state index is 13.4. The molecule has 4 rings (SSSR count). The lowest BCUT2D eigenvalue weighted by Crippen LogP contribution is -2.43. The Labute approximate surface area is 192 Å². The minimum Gasteiger partial charge on any atom is -0.357 e. The van der Waals surface area contributed by atoms with Crippen LogP contribution in [0.15, 0.2) is 36.7 Å². The molecule has 2 aromatic heterocycles. The second-order valence-corrected chi connectivity index (χ2v) is 8.80. The van der Waals surface area contributed by atoms with E-state index in [-0.39, 0.29) is 24.2 Å². The van der Waals surface area contributed by atoms with E-state index in [2.05, 4.69) is 20.2 Å². The molecule has 33 heavy (non-hydrogen) atoms. The number of nitrogens with one attached hydrogen (secondary N) is 1. The maximum absolute atomic E-state index is 13.4. The molecule has 0 bridgehead atoms. The summed E-state index contributed by atoms with van der Waals surface area (Å²) in [5.41, 5.74) is 0.139. The number of amides is 1. The zero-order valence-electron chi connectivity index (χ0n) is 18.7. The van der Waals surface area contributed by atoms with Crippen LogP contribution in [0.1, 0.15) is 49.7 Å². The van der Waals surface area contributed by atoms with Crippen molar-refractivity contribution < 1.29 is 18.0 Å². The molecule has 0 aromatic carbocycles. The molecular formula is C24H30F3N5O. The molecule has 1 N–H and O–H groups in total. The highest BCUT2D eigenvalue weighted by atomic mass is 19.4. The van der Waals surface area contributed by atoms with E-state index < -0.39 is 11.7 Å². The number of pyridine rings is 2. The summed E-state index contributed by atoms with van der Waals surface area (Å²) >= 11 is 0. The van der Waals surface area contributed by atoms with Crippen LogP contribution in [-0.2, 0) is 17.5 Å². The fourth-order valence-corrected chi connectivity index (χ4v) is 4.60. The Morgan fingerprint density at radius 1 is 1.00 bits per heavy atom. The lowest BCUT2D eigenvalue weighted by molar-refractivity contribution is -0.137. The number of alkyl halides is 3. The van der Waals surface area contributed by atoms with E-state index in [0.29, 0.717) is 25.9 Å². The summed E-state index contributed by atoms with van der Waals surface area (Å²) in [6.45, 7) is 3.06. The Hall–Kier alpha value is -2.84. The summed E-state index contributed by atoms with van der Waals surface area (Å²) in [6.07, 6.45) is 4.83. The van der Waals surface area contributed by atoms with Gasteiger partial charge in [0, 0.05) is 45.1 Å². The van der Waals surface area contributed by atoms with E-state index in [1.54, 1.807) is 11.1 Å². The van der Waals surface area contributed by atoms with Gasteiger partial charge in [-0.15, -0.1) is 0 Å². The summed E-state index contributed by atoms with van der Waals surface area (Å²) in [4.78, 5) is 25.2. The van der Waals surface area contributed by atoms with E-state index in [1.165, 1.54) is 37.9 Å². The predicted octanol–water partition coefficient (Wildman–Crippen LogP) is 4.41. The van der Waals surface area contributed by atoms with Crippen LogP contribution in [0.4, 0.5) is 24.8 Å². The van der Waals surface area contributed by atoms with Gasteiger partial charge in [0.25, 0.3) is 0 Å². The third kappa shape index (κ3) is 5.94. The maximum Gasteiger partial charge on any atom is 0.419 e. The van der Waals surface area contributed by atoms with Crippen molar-refractivity contribution in [3.05, 3.63) is 47.8 Å². The first-order valence-corrected chi connectivity index (χ1v) is 11.7. The van der Waals surface area contributed by atoms with Crippen LogP contribution in [0.3, 0.4) is 0 Å². The molecule has 1 atom stereocenters. The van der Waals surface area contributed by atoms with Gasteiger partial charge in [-0.2, -0.15) is 13.2 Å². The first kappa shape index (κ1) is 23.3. The molecule has 0 radical (unpaired) electrons. The van der Waals surface area contributed by atoms with Crippen molar-refractivity contribution >= 4 is 17.5 Å². The van der Waals surface area contributed by atoms with Gasteiger partial charge in [-0.05, 0) is 49.4 Å². The van der Waals surface area contributed by atoms with Gasteiger partial charge in [0.1, 0.15) is 11.6 Å². The second-order valence-electron chi connectivity index (χ2n) is 8.80. The highest BCUT2D eigenvalue weighted by molar-refractivity contribution is 5.79. The highest BCUT2D eigenvalue weighted by Crippen LogP contribution is 2.36. The summed E-state index contributed by atoms with van der Waals surface area (Å²) < 4.78 is 40.1. The van der Waals surface area contributed by atoms with Crippen molar-refractivity contribution in [1.29, 1.82) is 0 Å². The quantitative estimate of drug-likeness (QED) is 0.715. The minimum absolute atomic E-state index is 0.101. The van der Waals surface area contributed by atoms with E-state index in [4.69, 9.17) is 0 Å². The topological polar surface area (TPSA) is 61.4 Å². The van der Waals surface area contributed by atoms with Crippen LogP contribution in [0.2, 0.25) is 0 Å². The molecular weight excluding hydrogens is 431 g/mol. The normalized spacial score (nSPS) is 19.8. The number of aromatic nitrogens is 2. The Morgan fingerprint density at radius 3 is 2.45 bits per heavy atom. The van der Waals surface area contributed by atoms with Crippen LogP contribution in [0.25, 0.3) is 0 Å². The number of carbonyl (C=O) groups is 1. The first-order chi connectivity index (χ1) is 15.9. The zero-order chi connectivity index (χ0) is 23.3. The zero-order valence-corrected chi connectivity index (χ0v) is 18.7.